The summed E-state index contributed by atoms with van der Waals surface area (Å²) in [5, 5.41) is 13.0. The average molecular weight is 425 g/mol. The zero-order valence-corrected chi connectivity index (χ0v) is 19.8. The summed E-state index contributed by atoms with van der Waals surface area (Å²) in [4.78, 5) is 26.1. The van der Waals surface area contributed by atoms with Gasteiger partial charge in [0.25, 0.3) is 0 Å². The Hall–Kier alpha value is -1.30. The second-order valence-electron chi connectivity index (χ2n) is 10.2. The highest BCUT2D eigenvalue weighted by Crippen LogP contribution is 2.41. The number of rotatable bonds is 10. The van der Waals surface area contributed by atoms with E-state index in [1.807, 2.05) is 13.8 Å². The molecular weight excluding hydrogens is 380 g/mol. The summed E-state index contributed by atoms with van der Waals surface area (Å²) in [5.74, 6) is 1.18. The van der Waals surface area contributed by atoms with Gasteiger partial charge in [0.2, 0.25) is 5.91 Å². The highest BCUT2D eigenvalue weighted by molar-refractivity contribution is 5.76. The lowest BCUT2D eigenvalue weighted by molar-refractivity contribution is -0.122. The number of carboxylic acid groups (broad SMARTS) is 1. The van der Waals surface area contributed by atoms with Crippen LogP contribution in [0, 0.1) is 17.8 Å². The Morgan fingerprint density at radius 3 is 2.43 bits per heavy atom. The van der Waals surface area contributed by atoms with Gasteiger partial charge in [0, 0.05) is 13.0 Å². The predicted octanol–water partition coefficient (Wildman–Crippen LogP) is 5.41. The molecule has 1 saturated heterocycles. The second-order valence-corrected chi connectivity index (χ2v) is 10.2. The van der Waals surface area contributed by atoms with Gasteiger partial charge in [0.05, 0.1) is 12.1 Å². The molecule has 174 valence electrons. The van der Waals surface area contributed by atoms with Crippen LogP contribution in [0.3, 0.4) is 0 Å². The monoisotopic (exact) mass is 424 g/mol. The van der Waals surface area contributed by atoms with Gasteiger partial charge in [0.1, 0.15) is 5.72 Å². The summed E-state index contributed by atoms with van der Waals surface area (Å²) in [6.07, 6.45) is 9.21. The summed E-state index contributed by atoms with van der Waals surface area (Å²) < 4.78 is 6.35. The van der Waals surface area contributed by atoms with E-state index in [1.54, 1.807) is 4.90 Å². The maximum Gasteiger partial charge on any atom is 0.409 e. The Bertz CT molecular complexity index is 557. The van der Waals surface area contributed by atoms with Gasteiger partial charge in [-0.1, -0.05) is 59.3 Å². The number of hydrogen-bond donors (Lipinski definition) is 2. The van der Waals surface area contributed by atoms with Crippen molar-refractivity contribution in [1.82, 2.24) is 10.2 Å². The van der Waals surface area contributed by atoms with Crippen LogP contribution in [0.25, 0.3) is 0 Å². The number of unbranched alkanes of at least 4 members (excludes halogenated alkanes) is 1. The van der Waals surface area contributed by atoms with Gasteiger partial charge in [0.15, 0.2) is 0 Å². The van der Waals surface area contributed by atoms with Crippen molar-refractivity contribution >= 4 is 12.0 Å². The smallest absolute Gasteiger partial charge is 0.409 e. The second kappa shape index (κ2) is 11.4. The molecule has 0 aromatic heterocycles. The number of carbonyl (C=O) groups is 2. The molecule has 1 saturated carbocycles. The summed E-state index contributed by atoms with van der Waals surface area (Å²) in [6.45, 7) is 10.9. The van der Waals surface area contributed by atoms with Crippen LogP contribution in [0.15, 0.2) is 0 Å². The van der Waals surface area contributed by atoms with Crippen LogP contribution in [0.4, 0.5) is 4.79 Å². The molecule has 1 heterocycles. The van der Waals surface area contributed by atoms with E-state index < -0.39 is 11.8 Å². The normalized spacial score (nSPS) is 25.5. The largest absolute Gasteiger partial charge is 0.465 e. The SMILES string of the molecule is CCCCNC(=O)CC(C[C@@H]1OC(C)(C)N(C(=O)O)[C@H]1CC1CCCCC1)C(C)C. The molecule has 0 bridgehead atoms. The Balaban J connectivity index is 2.11. The minimum absolute atomic E-state index is 0.0957. The van der Waals surface area contributed by atoms with E-state index >= 15 is 0 Å². The van der Waals surface area contributed by atoms with E-state index in [9.17, 15) is 14.7 Å². The molecule has 0 radical (unpaired) electrons. The van der Waals surface area contributed by atoms with Crippen molar-refractivity contribution in [3.8, 4) is 0 Å². The van der Waals surface area contributed by atoms with Gasteiger partial charge in [-0.25, -0.2) is 4.79 Å². The van der Waals surface area contributed by atoms with Gasteiger partial charge >= 0.3 is 6.09 Å². The van der Waals surface area contributed by atoms with Crippen LogP contribution in [0.1, 0.15) is 98.8 Å². The van der Waals surface area contributed by atoms with E-state index in [2.05, 4.69) is 26.1 Å². The number of nitrogens with zero attached hydrogens (tertiary/aromatic N) is 1. The van der Waals surface area contributed by atoms with Gasteiger partial charge in [-0.15, -0.1) is 0 Å². The first-order chi connectivity index (χ1) is 14.2. The third-order valence-electron chi connectivity index (χ3n) is 7.06. The highest BCUT2D eigenvalue weighted by Gasteiger charge is 2.51. The molecule has 2 rings (SSSR count). The van der Waals surface area contributed by atoms with Crippen molar-refractivity contribution in [3.63, 3.8) is 0 Å². The molecule has 30 heavy (non-hydrogen) atoms. The van der Waals surface area contributed by atoms with Crippen LogP contribution in [-0.2, 0) is 9.53 Å². The molecule has 2 N–H and O–H groups in total. The summed E-state index contributed by atoms with van der Waals surface area (Å²) >= 11 is 0. The Labute approximate surface area is 183 Å². The number of amides is 2. The maximum absolute atomic E-state index is 12.4. The molecular formula is C24H44N2O4. The van der Waals surface area contributed by atoms with Crippen molar-refractivity contribution in [2.24, 2.45) is 17.8 Å². The minimum Gasteiger partial charge on any atom is -0.465 e. The van der Waals surface area contributed by atoms with Gasteiger partial charge in [-0.3, -0.25) is 9.69 Å². The molecule has 0 spiro atoms. The minimum atomic E-state index is -0.901. The molecule has 0 aromatic carbocycles. The molecule has 6 heteroatoms. The molecule has 3 atom stereocenters. The first kappa shape index (κ1) is 25.0. The van der Waals surface area contributed by atoms with Crippen LogP contribution >= 0.6 is 0 Å². The van der Waals surface area contributed by atoms with Crippen molar-refractivity contribution in [1.29, 1.82) is 0 Å². The molecule has 2 fully saturated rings. The molecule has 1 aliphatic heterocycles. The highest BCUT2D eigenvalue weighted by atomic mass is 16.6. The van der Waals surface area contributed by atoms with Crippen molar-refractivity contribution in [2.45, 2.75) is 117 Å². The average Bonchev–Trinajstić information content (AvgIpc) is 2.91. The first-order valence-electron chi connectivity index (χ1n) is 12.1. The predicted molar refractivity (Wildman–Crippen MR) is 119 cm³/mol. The van der Waals surface area contributed by atoms with Crippen molar-refractivity contribution in [2.75, 3.05) is 6.54 Å². The Morgan fingerprint density at radius 2 is 1.87 bits per heavy atom. The number of ether oxygens (including phenoxy) is 1. The maximum atomic E-state index is 12.4. The quantitative estimate of drug-likeness (QED) is 0.460. The summed E-state index contributed by atoms with van der Waals surface area (Å²) in [5.41, 5.74) is -0.833. The lowest BCUT2D eigenvalue weighted by Crippen LogP contribution is -2.48. The Morgan fingerprint density at radius 1 is 1.20 bits per heavy atom. The standard InChI is InChI=1S/C24H44N2O4/c1-6-7-13-25-22(27)16-19(17(2)3)15-21-20(14-18-11-9-8-10-12-18)26(23(28)29)24(4,5)30-21/h17-21H,6-16H2,1-5H3,(H,25,27)(H,28,29)/t19?,20-,21-/m0/s1. The Kier molecular flexibility index (Phi) is 9.45. The van der Waals surface area contributed by atoms with Crippen molar-refractivity contribution < 1.29 is 19.4 Å². The third-order valence-corrected chi connectivity index (χ3v) is 7.06. The summed E-state index contributed by atoms with van der Waals surface area (Å²) in [6, 6.07) is -0.134. The first-order valence-corrected chi connectivity index (χ1v) is 12.1. The van der Waals surface area contributed by atoms with Gasteiger partial charge in [-0.2, -0.15) is 0 Å². The molecule has 6 nitrogen and oxygen atoms in total. The number of carbonyl (C=O) groups excluding carboxylic acids is 1. The van der Waals surface area contributed by atoms with E-state index in [-0.39, 0.29) is 24.0 Å². The van der Waals surface area contributed by atoms with Crippen LogP contribution in [0.5, 0.6) is 0 Å². The molecule has 2 amide bonds. The lowest BCUT2D eigenvalue weighted by atomic mass is 9.80. The summed E-state index contributed by atoms with van der Waals surface area (Å²) in [7, 11) is 0. The zero-order valence-electron chi connectivity index (χ0n) is 19.8. The van der Waals surface area contributed by atoms with Crippen LogP contribution < -0.4 is 5.32 Å². The molecule has 1 aliphatic carbocycles. The fourth-order valence-corrected chi connectivity index (χ4v) is 5.27. The fourth-order valence-electron chi connectivity index (χ4n) is 5.27. The van der Waals surface area contributed by atoms with Gasteiger partial charge in [-0.05, 0) is 50.9 Å². The van der Waals surface area contributed by atoms with E-state index in [0.29, 0.717) is 18.3 Å². The zero-order chi connectivity index (χ0) is 22.3. The number of hydrogen-bond acceptors (Lipinski definition) is 3. The van der Waals surface area contributed by atoms with E-state index in [0.717, 1.165) is 32.2 Å². The van der Waals surface area contributed by atoms with E-state index in [4.69, 9.17) is 4.74 Å². The molecule has 2 aliphatic rings. The van der Waals surface area contributed by atoms with E-state index in [1.165, 1.54) is 32.1 Å². The third kappa shape index (κ3) is 6.86. The molecule has 1 unspecified atom stereocenters. The van der Waals surface area contributed by atoms with Gasteiger partial charge < -0.3 is 15.2 Å². The van der Waals surface area contributed by atoms with Crippen LogP contribution in [-0.4, -0.2) is 46.4 Å². The van der Waals surface area contributed by atoms with Crippen LogP contribution in [0.2, 0.25) is 0 Å². The number of nitrogens with one attached hydrogen (secondary N) is 1. The topological polar surface area (TPSA) is 78.9 Å². The van der Waals surface area contributed by atoms with Crippen molar-refractivity contribution in [3.05, 3.63) is 0 Å². The lowest BCUT2D eigenvalue weighted by Gasteiger charge is -2.34. The fraction of sp³-hybridized carbons (Fsp3) is 0.917. The molecule has 0 aromatic rings.